The van der Waals surface area contributed by atoms with E-state index in [2.05, 4.69) is 0 Å². The van der Waals surface area contributed by atoms with Crippen molar-refractivity contribution in [2.45, 2.75) is 4.90 Å². The summed E-state index contributed by atoms with van der Waals surface area (Å²) in [6, 6.07) is 7.11. The molecule has 0 bridgehead atoms. The zero-order valence-electron chi connectivity index (χ0n) is 10.2. The van der Waals surface area contributed by atoms with E-state index in [-0.39, 0.29) is 22.4 Å². The first-order chi connectivity index (χ1) is 9.39. The third-order valence-corrected chi connectivity index (χ3v) is 4.04. The average Bonchev–Trinajstić information content (AvgIpc) is 2.43. The highest BCUT2D eigenvalue weighted by Gasteiger charge is 2.18. The molecule has 0 aromatic heterocycles. The van der Waals surface area contributed by atoms with Crippen LogP contribution in [-0.2, 0) is 9.84 Å². The minimum Gasteiger partial charge on any atom is -0.465 e. The highest BCUT2D eigenvalue weighted by molar-refractivity contribution is 7.91. The molecule has 1 amide bonds. The van der Waals surface area contributed by atoms with E-state index in [0.29, 0.717) is 0 Å². The SMILES string of the molecule is N#Cc1cccc(S(=O)(=O)C/C(=C/F)CNC(=O)O)c1. The van der Waals surface area contributed by atoms with Crippen molar-refractivity contribution < 1.29 is 22.7 Å². The van der Waals surface area contributed by atoms with E-state index in [4.69, 9.17) is 10.4 Å². The van der Waals surface area contributed by atoms with Crippen LogP contribution in [0.25, 0.3) is 0 Å². The van der Waals surface area contributed by atoms with Crippen LogP contribution in [0.1, 0.15) is 5.56 Å². The fraction of sp³-hybridized carbons (Fsp3) is 0.167. The second-order valence-corrected chi connectivity index (χ2v) is 5.81. The van der Waals surface area contributed by atoms with E-state index < -0.39 is 28.2 Å². The number of amides is 1. The van der Waals surface area contributed by atoms with Gasteiger partial charge in [-0.1, -0.05) is 6.07 Å². The molecule has 1 rings (SSSR count). The Morgan fingerprint density at radius 2 is 2.20 bits per heavy atom. The molecule has 8 heteroatoms. The van der Waals surface area contributed by atoms with Gasteiger partial charge in [0.2, 0.25) is 0 Å². The Morgan fingerprint density at radius 3 is 2.75 bits per heavy atom. The number of hydrogen-bond acceptors (Lipinski definition) is 4. The molecule has 0 spiro atoms. The Labute approximate surface area is 115 Å². The summed E-state index contributed by atoms with van der Waals surface area (Å²) in [5.74, 6) is -0.668. The van der Waals surface area contributed by atoms with Crippen molar-refractivity contribution in [3.63, 3.8) is 0 Å². The van der Waals surface area contributed by atoms with Crippen molar-refractivity contribution >= 4 is 15.9 Å². The van der Waals surface area contributed by atoms with Crippen LogP contribution in [-0.4, -0.2) is 31.9 Å². The molecule has 0 saturated carbocycles. The molecule has 6 nitrogen and oxygen atoms in total. The van der Waals surface area contributed by atoms with Gasteiger partial charge in [-0.3, -0.25) is 0 Å². The summed E-state index contributed by atoms with van der Waals surface area (Å²) < 4.78 is 36.6. The number of nitrogens with one attached hydrogen (secondary N) is 1. The molecule has 0 aliphatic rings. The minimum absolute atomic E-state index is 0.0572. The lowest BCUT2D eigenvalue weighted by molar-refractivity contribution is 0.195. The standard InChI is InChI=1S/C12H11FN2O4S/c13-5-10(7-15-12(16)17)8-20(18,19)11-3-1-2-9(4-11)6-14/h1-5,15H,7-8H2,(H,16,17)/b10-5+. The predicted molar refractivity (Wildman–Crippen MR) is 68.4 cm³/mol. The number of carbonyl (C=O) groups is 1. The van der Waals surface area contributed by atoms with Crippen molar-refractivity contribution in [1.29, 1.82) is 5.26 Å². The Bertz CT molecular complexity index is 677. The highest BCUT2D eigenvalue weighted by atomic mass is 32.2. The fourth-order valence-corrected chi connectivity index (χ4v) is 2.81. The maximum atomic E-state index is 12.6. The van der Waals surface area contributed by atoms with E-state index in [1.807, 2.05) is 5.32 Å². The molecule has 1 aromatic carbocycles. The van der Waals surface area contributed by atoms with Crippen LogP contribution in [0.2, 0.25) is 0 Å². The number of carboxylic acid groups (broad SMARTS) is 1. The molecule has 0 saturated heterocycles. The lowest BCUT2D eigenvalue weighted by Gasteiger charge is -2.07. The quantitative estimate of drug-likeness (QED) is 0.855. The van der Waals surface area contributed by atoms with Crippen LogP contribution < -0.4 is 5.32 Å². The van der Waals surface area contributed by atoms with Crippen LogP contribution in [0.15, 0.2) is 41.1 Å². The van der Waals surface area contributed by atoms with E-state index in [9.17, 15) is 17.6 Å². The van der Waals surface area contributed by atoms with Gasteiger partial charge in [-0.15, -0.1) is 0 Å². The summed E-state index contributed by atoms with van der Waals surface area (Å²) in [6.07, 6.45) is -1.32. The van der Waals surface area contributed by atoms with Gasteiger partial charge in [-0.25, -0.2) is 17.6 Å². The molecular weight excluding hydrogens is 287 g/mol. The Morgan fingerprint density at radius 1 is 1.50 bits per heavy atom. The molecule has 0 unspecified atom stereocenters. The van der Waals surface area contributed by atoms with Gasteiger partial charge in [0.15, 0.2) is 9.84 Å². The molecule has 0 atom stereocenters. The maximum absolute atomic E-state index is 12.6. The monoisotopic (exact) mass is 298 g/mol. The third-order valence-electron chi connectivity index (χ3n) is 2.32. The summed E-state index contributed by atoms with van der Waals surface area (Å²) >= 11 is 0. The fourth-order valence-electron chi connectivity index (χ4n) is 1.40. The van der Waals surface area contributed by atoms with Crippen LogP contribution in [0, 0.1) is 11.3 Å². The van der Waals surface area contributed by atoms with Gasteiger partial charge in [0, 0.05) is 6.54 Å². The maximum Gasteiger partial charge on any atom is 0.404 e. The summed E-state index contributed by atoms with van der Waals surface area (Å²) in [7, 11) is -3.84. The smallest absolute Gasteiger partial charge is 0.404 e. The third kappa shape index (κ3) is 4.37. The number of nitriles is 1. The molecule has 0 aliphatic heterocycles. The zero-order chi connectivity index (χ0) is 15.2. The summed E-state index contributed by atoms with van der Waals surface area (Å²) in [5.41, 5.74) is -0.0599. The first-order valence-electron chi connectivity index (χ1n) is 5.37. The van der Waals surface area contributed by atoms with Crippen LogP contribution in [0.4, 0.5) is 9.18 Å². The van der Waals surface area contributed by atoms with Gasteiger partial charge >= 0.3 is 6.09 Å². The molecule has 20 heavy (non-hydrogen) atoms. The average molecular weight is 298 g/mol. The van der Waals surface area contributed by atoms with Gasteiger partial charge in [0.25, 0.3) is 0 Å². The molecule has 0 heterocycles. The summed E-state index contributed by atoms with van der Waals surface area (Å²) in [5, 5.41) is 19.0. The number of rotatable bonds is 5. The van der Waals surface area contributed by atoms with E-state index in [1.165, 1.54) is 24.3 Å². The second-order valence-electron chi connectivity index (χ2n) is 3.82. The molecule has 1 aromatic rings. The van der Waals surface area contributed by atoms with Crippen LogP contribution >= 0.6 is 0 Å². The topological polar surface area (TPSA) is 107 Å². The van der Waals surface area contributed by atoms with Crippen LogP contribution in [0.5, 0.6) is 0 Å². The van der Waals surface area contributed by atoms with E-state index >= 15 is 0 Å². The van der Waals surface area contributed by atoms with Gasteiger partial charge in [-0.05, 0) is 23.8 Å². The summed E-state index contributed by atoms with van der Waals surface area (Å²) in [6.45, 7) is -0.428. The van der Waals surface area contributed by atoms with Crippen molar-refractivity contribution in [3.05, 3.63) is 41.7 Å². The number of sulfone groups is 1. The van der Waals surface area contributed by atoms with Gasteiger partial charge < -0.3 is 10.4 Å². The normalized spacial score (nSPS) is 11.7. The highest BCUT2D eigenvalue weighted by Crippen LogP contribution is 2.15. The Kier molecular flexibility index (Phi) is 5.23. The molecule has 0 radical (unpaired) electrons. The number of halogens is 1. The summed E-state index contributed by atoms with van der Waals surface area (Å²) in [4.78, 5) is 10.2. The largest absolute Gasteiger partial charge is 0.465 e. The van der Waals surface area contributed by atoms with Crippen molar-refractivity contribution in [2.75, 3.05) is 12.3 Å². The zero-order valence-corrected chi connectivity index (χ0v) is 11.0. The first-order valence-corrected chi connectivity index (χ1v) is 7.02. The Balaban J connectivity index is 2.93. The lowest BCUT2D eigenvalue weighted by Crippen LogP contribution is -2.25. The second kappa shape index (κ2) is 6.68. The van der Waals surface area contributed by atoms with Gasteiger partial charge in [0.05, 0.1) is 28.6 Å². The number of nitrogens with zero attached hydrogens (tertiary/aromatic N) is 1. The molecular formula is C12H11FN2O4S. The molecule has 2 N–H and O–H groups in total. The predicted octanol–water partition coefficient (Wildman–Crippen LogP) is 1.45. The molecule has 0 fully saturated rings. The minimum atomic E-state index is -3.84. The van der Waals surface area contributed by atoms with Crippen molar-refractivity contribution in [1.82, 2.24) is 5.32 Å². The van der Waals surface area contributed by atoms with Gasteiger partial charge in [0.1, 0.15) is 0 Å². The van der Waals surface area contributed by atoms with Crippen LogP contribution in [0.3, 0.4) is 0 Å². The molecule has 0 aliphatic carbocycles. The lowest BCUT2D eigenvalue weighted by atomic mass is 10.2. The number of benzene rings is 1. The van der Waals surface area contributed by atoms with Crippen molar-refractivity contribution in [3.8, 4) is 6.07 Å². The Hall–Kier alpha value is -2.40. The van der Waals surface area contributed by atoms with E-state index in [0.717, 1.165) is 0 Å². The van der Waals surface area contributed by atoms with Gasteiger partial charge in [-0.2, -0.15) is 5.26 Å². The number of hydrogen-bond donors (Lipinski definition) is 2. The van der Waals surface area contributed by atoms with Crippen molar-refractivity contribution in [2.24, 2.45) is 0 Å². The first kappa shape index (κ1) is 15.7. The van der Waals surface area contributed by atoms with E-state index in [1.54, 1.807) is 6.07 Å². The molecule has 106 valence electrons.